The van der Waals surface area contributed by atoms with Gasteiger partial charge in [-0.2, -0.15) is 0 Å². The number of hydrogen-bond acceptors (Lipinski definition) is 2. The first-order valence-corrected chi connectivity index (χ1v) is 6.30. The molecule has 0 radical (unpaired) electrons. The molecule has 17 heavy (non-hydrogen) atoms. The molecule has 1 atom stereocenters. The molecule has 0 aliphatic heterocycles. The van der Waals surface area contributed by atoms with Gasteiger partial charge < -0.3 is 0 Å². The third-order valence-corrected chi connectivity index (χ3v) is 3.10. The molecule has 0 aromatic heterocycles. The molecule has 0 aliphatic carbocycles. The van der Waals surface area contributed by atoms with Crippen LogP contribution in [0, 0.1) is 11.7 Å². The topological polar surface area (TPSA) is 38.0 Å². The Balaban J connectivity index is 2.57. The number of nitrogens with two attached hydrogens (primary N) is 1. The van der Waals surface area contributed by atoms with Crippen molar-refractivity contribution in [3.8, 4) is 0 Å². The van der Waals surface area contributed by atoms with Crippen LogP contribution < -0.4 is 11.3 Å². The molecule has 1 aromatic rings. The summed E-state index contributed by atoms with van der Waals surface area (Å²) in [6, 6.07) is 5.08. The van der Waals surface area contributed by atoms with Gasteiger partial charge >= 0.3 is 0 Å². The first-order chi connectivity index (χ1) is 8.02. The van der Waals surface area contributed by atoms with Gasteiger partial charge in [0, 0.05) is 6.04 Å². The molecule has 0 heterocycles. The molecule has 4 heteroatoms. The summed E-state index contributed by atoms with van der Waals surface area (Å²) in [6.45, 7) is 4.35. The zero-order valence-corrected chi connectivity index (χ0v) is 11.1. The molecule has 1 rings (SSSR count). The van der Waals surface area contributed by atoms with Gasteiger partial charge in [-0.25, -0.2) is 4.39 Å². The zero-order valence-electron chi connectivity index (χ0n) is 10.3. The molecule has 0 bridgehead atoms. The van der Waals surface area contributed by atoms with Crippen LogP contribution in [0.25, 0.3) is 0 Å². The van der Waals surface area contributed by atoms with Crippen molar-refractivity contribution in [1.82, 2.24) is 5.43 Å². The van der Waals surface area contributed by atoms with Crippen LogP contribution in [-0.2, 0) is 6.42 Å². The van der Waals surface area contributed by atoms with Crippen LogP contribution in [0.2, 0.25) is 5.02 Å². The molecule has 3 N–H and O–H groups in total. The number of halogens is 2. The van der Waals surface area contributed by atoms with Crippen LogP contribution in [0.3, 0.4) is 0 Å². The number of hydrazine groups is 1. The Morgan fingerprint density at radius 3 is 2.59 bits per heavy atom. The molecular formula is C13H20ClFN2. The van der Waals surface area contributed by atoms with Crippen LogP contribution in [0.5, 0.6) is 0 Å². The van der Waals surface area contributed by atoms with Crippen LogP contribution >= 0.6 is 11.6 Å². The fourth-order valence-corrected chi connectivity index (χ4v) is 1.85. The summed E-state index contributed by atoms with van der Waals surface area (Å²) in [7, 11) is 0. The highest BCUT2D eigenvalue weighted by molar-refractivity contribution is 6.30. The predicted molar refractivity (Wildman–Crippen MR) is 70.3 cm³/mol. The van der Waals surface area contributed by atoms with E-state index < -0.39 is 0 Å². The maximum atomic E-state index is 13.3. The Kier molecular flexibility index (Phi) is 5.89. The zero-order chi connectivity index (χ0) is 12.8. The van der Waals surface area contributed by atoms with Crippen LogP contribution in [0.4, 0.5) is 4.39 Å². The van der Waals surface area contributed by atoms with Gasteiger partial charge in [-0.3, -0.25) is 11.3 Å². The van der Waals surface area contributed by atoms with Crippen molar-refractivity contribution in [3.63, 3.8) is 0 Å². The van der Waals surface area contributed by atoms with Gasteiger partial charge in [0.15, 0.2) is 0 Å². The molecule has 0 spiro atoms. The van der Waals surface area contributed by atoms with E-state index in [2.05, 4.69) is 19.3 Å². The fraction of sp³-hybridized carbons (Fsp3) is 0.538. The number of nitrogens with one attached hydrogen (secondary N) is 1. The average molecular weight is 259 g/mol. The Morgan fingerprint density at radius 2 is 2.06 bits per heavy atom. The van der Waals surface area contributed by atoms with E-state index in [0.29, 0.717) is 5.92 Å². The lowest BCUT2D eigenvalue weighted by molar-refractivity contribution is 0.434. The van der Waals surface area contributed by atoms with Crippen molar-refractivity contribution < 1.29 is 4.39 Å². The molecule has 0 amide bonds. The SMILES string of the molecule is CC(C)CCC(Cc1ccc(Cl)c(F)c1)NN. The van der Waals surface area contributed by atoms with Crippen molar-refractivity contribution >= 4 is 11.6 Å². The lowest BCUT2D eigenvalue weighted by Gasteiger charge is -2.17. The average Bonchev–Trinajstić information content (AvgIpc) is 2.28. The molecule has 0 saturated heterocycles. The van der Waals surface area contributed by atoms with Crippen LogP contribution in [0.1, 0.15) is 32.3 Å². The van der Waals surface area contributed by atoms with E-state index >= 15 is 0 Å². The highest BCUT2D eigenvalue weighted by Crippen LogP contribution is 2.18. The van der Waals surface area contributed by atoms with Gasteiger partial charge in [-0.1, -0.05) is 31.5 Å². The van der Waals surface area contributed by atoms with Gasteiger partial charge in [0.05, 0.1) is 5.02 Å². The highest BCUT2D eigenvalue weighted by atomic mass is 35.5. The summed E-state index contributed by atoms with van der Waals surface area (Å²) in [5, 5.41) is 0.160. The first-order valence-electron chi connectivity index (χ1n) is 5.93. The maximum Gasteiger partial charge on any atom is 0.142 e. The van der Waals surface area contributed by atoms with Crippen molar-refractivity contribution in [1.29, 1.82) is 0 Å². The summed E-state index contributed by atoms with van der Waals surface area (Å²) in [6.07, 6.45) is 2.81. The summed E-state index contributed by atoms with van der Waals surface area (Å²) in [5.41, 5.74) is 3.70. The summed E-state index contributed by atoms with van der Waals surface area (Å²) >= 11 is 5.64. The Bertz CT molecular complexity index is 355. The van der Waals surface area contributed by atoms with Gasteiger partial charge in [-0.05, 0) is 42.9 Å². The predicted octanol–water partition coefficient (Wildman–Crippen LogP) is 3.29. The Hall–Kier alpha value is -0.640. The number of rotatable bonds is 6. The fourth-order valence-electron chi connectivity index (χ4n) is 1.73. The largest absolute Gasteiger partial charge is 0.271 e. The monoisotopic (exact) mass is 258 g/mol. The smallest absolute Gasteiger partial charge is 0.142 e. The molecule has 0 aliphatic rings. The lowest BCUT2D eigenvalue weighted by atomic mass is 9.98. The second-order valence-electron chi connectivity index (χ2n) is 4.79. The van der Waals surface area contributed by atoms with Crippen LogP contribution in [-0.4, -0.2) is 6.04 Å². The summed E-state index contributed by atoms with van der Waals surface area (Å²) < 4.78 is 13.3. The van der Waals surface area contributed by atoms with Crippen molar-refractivity contribution in [3.05, 3.63) is 34.6 Å². The molecule has 0 fully saturated rings. The van der Waals surface area contributed by atoms with Crippen molar-refractivity contribution in [2.75, 3.05) is 0 Å². The Morgan fingerprint density at radius 1 is 1.35 bits per heavy atom. The van der Waals surface area contributed by atoms with E-state index in [0.717, 1.165) is 24.8 Å². The van der Waals surface area contributed by atoms with E-state index in [-0.39, 0.29) is 16.9 Å². The number of benzene rings is 1. The van der Waals surface area contributed by atoms with Crippen LogP contribution in [0.15, 0.2) is 18.2 Å². The lowest BCUT2D eigenvalue weighted by Crippen LogP contribution is -2.37. The second kappa shape index (κ2) is 6.94. The van der Waals surface area contributed by atoms with Gasteiger partial charge in [-0.15, -0.1) is 0 Å². The summed E-state index contributed by atoms with van der Waals surface area (Å²) in [5.74, 6) is 5.78. The molecule has 1 unspecified atom stereocenters. The van der Waals surface area contributed by atoms with Gasteiger partial charge in [0.25, 0.3) is 0 Å². The van der Waals surface area contributed by atoms with E-state index in [4.69, 9.17) is 17.4 Å². The van der Waals surface area contributed by atoms with Gasteiger partial charge in [0.2, 0.25) is 0 Å². The third-order valence-electron chi connectivity index (χ3n) is 2.79. The minimum absolute atomic E-state index is 0.160. The Labute approximate surface area is 107 Å². The number of hydrogen-bond donors (Lipinski definition) is 2. The van der Waals surface area contributed by atoms with E-state index in [1.54, 1.807) is 6.07 Å². The maximum absolute atomic E-state index is 13.3. The third kappa shape index (κ3) is 5.02. The molecule has 96 valence electrons. The van der Waals surface area contributed by atoms with Crippen molar-refractivity contribution in [2.24, 2.45) is 11.8 Å². The molecular weight excluding hydrogens is 239 g/mol. The first kappa shape index (κ1) is 14.4. The highest BCUT2D eigenvalue weighted by Gasteiger charge is 2.10. The van der Waals surface area contributed by atoms with E-state index in [1.165, 1.54) is 6.07 Å². The quantitative estimate of drug-likeness (QED) is 0.607. The molecule has 1 aromatic carbocycles. The van der Waals surface area contributed by atoms with E-state index in [9.17, 15) is 4.39 Å². The standard InChI is InChI=1S/C13H20ClFN2/c1-9(2)3-5-11(17-16)7-10-4-6-12(14)13(15)8-10/h4,6,8-9,11,17H,3,5,7,16H2,1-2H3. The van der Waals surface area contributed by atoms with E-state index in [1.807, 2.05) is 6.07 Å². The minimum atomic E-state index is -0.371. The normalized spacial score (nSPS) is 13.1. The molecule has 0 saturated carbocycles. The molecule has 2 nitrogen and oxygen atoms in total. The second-order valence-corrected chi connectivity index (χ2v) is 5.19. The summed E-state index contributed by atoms with van der Waals surface area (Å²) in [4.78, 5) is 0. The minimum Gasteiger partial charge on any atom is -0.271 e. The van der Waals surface area contributed by atoms with Gasteiger partial charge in [0.1, 0.15) is 5.82 Å². The van der Waals surface area contributed by atoms with Crippen molar-refractivity contribution in [2.45, 2.75) is 39.2 Å².